The molecule has 0 nitrogen and oxygen atoms in total. The fraction of sp³-hybridized carbons (Fsp3) is 0.385. The van der Waals surface area contributed by atoms with Gasteiger partial charge in [0.1, 0.15) is 0 Å². The van der Waals surface area contributed by atoms with Crippen molar-refractivity contribution in [2.24, 2.45) is 0 Å². The van der Waals surface area contributed by atoms with Crippen LogP contribution in [0, 0.1) is 6.92 Å². The molecule has 0 radical (unpaired) electrons. The maximum absolute atomic E-state index is 13.1. The minimum absolute atomic E-state index is 0. The number of hydrogen-bond donors (Lipinski definition) is 0. The second kappa shape index (κ2) is 4.42. The van der Waals surface area contributed by atoms with Crippen LogP contribution in [-0.4, -0.2) is 0 Å². The highest BCUT2D eigenvalue weighted by Crippen LogP contribution is 2.57. The highest BCUT2D eigenvalue weighted by atomic mass is 35.5. The number of halogens is 4. The zero-order chi connectivity index (χ0) is 12.2. The van der Waals surface area contributed by atoms with Gasteiger partial charge in [0, 0.05) is 17.4 Å². The van der Waals surface area contributed by atoms with Crippen molar-refractivity contribution in [2.75, 3.05) is 0 Å². The number of fused-ring (bicyclic) bond motifs is 1. The quantitative estimate of drug-likeness (QED) is 0.594. The molecule has 0 spiro atoms. The summed E-state index contributed by atoms with van der Waals surface area (Å²) in [4.78, 5) is 0.609. The first-order valence-electron chi connectivity index (χ1n) is 5.60. The number of thiophene rings is 1. The summed E-state index contributed by atoms with van der Waals surface area (Å²) < 4.78 is 39.9. The molecular formula is C13H13ClF3S+. The number of hydrogen-bond acceptors (Lipinski definition) is 0. The summed E-state index contributed by atoms with van der Waals surface area (Å²) in [5.41, 5.74) is -3.11. The Morgan fingerprint density at radius 1 is 1.17 bits per heavy atom. The van der Waals surface area contributed by atoms with E-state index < -0.39 is 16.0 Å². The predicted octanol–water partition coefficient (Wildman–Crippen LogP) is 5.67. The van der Waals surface area contributed by atoms with Crippen LogP contribution in [0.4, 0.5) is 13.2 Å². The van der Waals surface area contributed by atoms with Gasteiger partial charge < -0.3 is 0 Å². The Bertz CT molecular complexity index is 582. The fourth-order valence-electron chi connectivity index (χ4n) is 2.22. The molecule has 0 saturated heterocycles. The first-order valence-corrected chi connectivity index (χ1v) is 6.82. The second-order valence-electron chi connectivity index (χ2n) is 4.61. The van der Waals surface area contributed by atoms with E-state index in [0.717, 1.165) is 23.8 Å². The molecule has 1 saturated carbocycles. The van der Waals surface area contributed by atoms with Crippen molar-refractivity contribution < 1.29 is 13.2 Å². The number of rotatable bonds is 1. The average Bonchev–Trinajstić information content (AvgIpc) is 2.97. The van der Waals surface area contributed by atoms with Crippen molar-refractivity contribution in [1.29, 1.82) is 0 Å². The Kier molecular flexibility index (Phi) is 3.36. The standard InChI is InChI=1S/C13H12F3S.ClH/c1-8-2-5-11-10(6-8)7-12(9-3-4-9)17(11)13(14,15)16;/h2,5-7,9H,3-4H2,1H3;1H/q+1;. The molecule has 1 aromatic heterocycles. The Balaban J connectivity index is 0.00000120. The molecule has 1 aromatic carbocycles. The molecule has 1 atom stereocenters. The second-order valence-corrected chi connectivity index (χ2v) is 6.60. The first kappa shape index (κ1) is 13.7. The molecular weight excluding hydrogens is 281 g/mol. The van der Waals surface area contributed by atoms with Gasteiger partial charge in [-0.3, -0.25) is 0 Å². The molecule has 5 heteroatoms. The van der Waals surface area contributed by atoms with Crippen LogP contribution < -0.4 is 0 Å². The van der Waals surface area contributed by atoms with Crippen molar-refractivity contribution in [3.63, 3.8) is 0 Å². The number of aryl methyl sites for hydroxylation is 1. The minimum atomic E-state index is -4.13. The van der Waals surface area contributed by atoms with Gasteiger partial charge in [0.25, 0.3) is 0 Å². The van der Waals surface area contributed by atoms with E-state index in [0.29, 0.717) is 9.58 Å². The summed E-state index contributed by atoms with van der Waals surface area (Å²) in [6.45, 7) is 1.91. The Labute approximate surface area is 112 Å². The van der Waals surface area contributed by atoms with Gasteiger partial charge in [0.05, 0.1) is 10.5 Å². The Hall–Kier alpha value is -0.740. The lowest BCUT2D eigenvalue weighted by Crippen LogP contribution is -1.97. The minimum Gasteiger partial charge on any atom is -0.147 e. The summed E-state index contributed by atoms with van der Waals surface area (Å²) in [5, 5.41) is 0.771. The Morgan fingerprint density at radius 3 is 2.39 bits per heavy atom. The van der Waals surface area contributed by atoms with E-state index in [1.807, 2.05) is 13.0 Å². The highest BCUT2D eigenvalue weighted by Gasteiger charge is 2.51. The summed E-state index contributed by atoms with van der Waals surface area (Å²) in [6, 6.07) is 7.05. The monoisotopic (exact) mass is 293 g/mol. The zero-order valence-electron chi connectivity index (χ0n) is 9.75. The maximum Gasteiger partial charge on any atom is 0.600 e. The largest absolute Gasteiger partial charge is 0.600 e. The predicted molar refractivity (Wildman–Crippen MR) is 71.7 cm³/mol. The van der Waals surface area contributed by atoms with Crippen molar-refractivity contribution >= 4 is 33.0 Å². The van der Waals surface area contributed by atoms with Crippen LogP contribution >= 0.6 is 22.9 Å². The van der Waals surface area contributed by atoms with Crippen molar-refractivity contribution in [3.05, 3.63) is 34.7 Å². The molecule has 0 amide bonds. The number of alkyl halides is 3. The van der Waals surface area contributed by atoms with E-state index in [2.05, 4.69) is 0 Å². The molecule has 1 fully saturated rings. The molecule has 0 bridgehead atoms. The van der Waals surface area contributed by atoms with E-state index in [1.54, 1.807) is 18.2 Å². The maximum atomic E-state index is 13.1. The number of benzene rings is 1. The molecule has 0 N–H and O–H groups in total. The van der Waals surface area contributed by atoms with Crippen LogP contribution in [0.1, 0.15) is 29.2 Å². The van der Waals surface area contributed by atoms with Gasteiger partial charge in [-0.15, -0.1) is 25.6 Å². The highest BCUT2D eigenvalue weighted by molar-refractivity contribution is 7.38. The van der Waals surface area contributed by atoms with Crippen LogP contribution in [0.2, 0.25) is 0 Å². The van der Waals surface area contributed by atoms with Crippen LogP contribution in [0.3, 0.4) is 0 Å². The van der Waals surface area contributed by atoms with Gasteiger partial charge in [-0.25, -0.2) is 0 Å². The van der Waals surface area contributed by atoms with Gasteiger partial charge in [-0.2, -0.15) is 0 Å². The van der Waals surface area contributed by atoms with Gasteiger partial charge in [0.15, 0.2) is 9.58 Å². The lowest BCUT2D eigenvalue weighted by Gasteiger charge is -1.98. The molecule has 18 heavy (non-hydrogen) atoms. The average molecular weight is 294 g/mol. The summed E-state index contributed by atoms with van der Waals surface area (Å²) in [6.07, 6.45) is 1.83. The van der Waals surface area contributed by atoms with E-state index in [-0.39, 0.29) is 18.3 Å². The summed E-state index contributed by atoms with van der Waals surface area (Å²) in [5.74, 6) is 0.174. The van der Waals surface area contributed by atoms with Crippen molar-refractivity contribution in [1.82, 2.24) is 0 Å². The molecule has 1 unspecified atom stereocenters. The van der Waals surface area contributed by atoms with Crippen LogP contribution in [0.5, 0.6) is 0 Å². The normalized spacial score (nSPS) is 16.8. The smallest absolute Gasteiger partial charge is 0.147 e. The van der Waals surface area contributed by atoms with E-state index in [4.69, 9.17) is 0 Å². The molecule has 2 aromatic rings. The van der Waals surface area contributed by atoms with Crippen LogP contribution in [0.15, 0.2) is 24.3 Å². The molecule has 1 aliphatic carbocycles. The summed E-state index contributed by atoms with van der Waals surface area (Å²) in [7, 11) is -1.67. The van der Waals surface area contributed by atoms with Crippen LogP contribution in [-0.2, 0) is 5.51 Å². The lowest BCUT2D eigenvalue weighted by atomic mass is 10.2. The molecule has 3 rings (SSSR count). The van der Waals surface area contributed by atoms with Gasteiger partial charge in [-0.1, -0.05) is 11.6 Å². The van der Waals surface area contributed by atoms with Crippen molar-refractivity contribution in [2.45, 2.75) is 31.2 Å². The van der Waals surface area contributed by atoms with Gasteiger partial charge in [0.2, 0.25) is 0 Å². The first-order chi connectivity index (χ1) is 7.97. The van der Waals surface area contributed by atoms with E-state index in [1.165, 1.54) is 0 Å². The zero-order valence-corrected chi connectivity index (χ0v) is 11.4. The van der Waals surface area contributed by atoms with E-state index >= 15 is 0 Å². The molecule has 1 aliphatic rings. The fourth-order valence-corrected chi connectivity index (χ4v) is 4.36. The molecule has 0 aliphatic heterocycles. The van der Waals surface area contributed by atoms with Crippen LogP contribution in [0.25, 0.3) is 10.1 Å². The SMILES string of the molecule is Cc1ccc2c(c1)cc(C1CC1)[s+]2C(F)(F)F.Cl. The van der Waals surface area contributed by atoms with E-state index in [9.17, 15) is 13.2 Å². The summed E-state index contributed by atoms with van der Waals surface area (Å²) >= 11 is 0. The third kappa shape index (κ3) is 2.24. The lowest BCUT2D eigenvalue weighted by molar-refractivity contribution is -0.0867. The Morgan fingerprint density at radius 2 is 1.83 bits per heavy atom. The third-order valence-electron chi connectivity index (χ3n) is 3.13. The molecule has 98 valence electrons. The topological polar surface area (TPSA) is 0 Å². The van der Waals surface area contributed by atoms with Gasteiger partial charge in [-0.05, 0) is 31.9 Å². The van der Waals surface area contributed by atoms with Crippen molar-refractivity contribution in [3.8, 4) is 0 Å². The third-order valence-corrected chi connectivity index (χ3v) is 5.33. The van der Waals surface area contributed by atoms with Gasteiger partial charge >= 0.3 is 5.51 Å². The molecule has 1 heterocycles.